The van der Waals surface area contributed by atoms with Crippen molar-refractivity contribution in [1.29, 1.82) is 0 Å². The second-order valence-electron chi connectivity index (χ2n) is 5.65. The van der Waals surface area contributed by atoms with Crippen molar-refractivity contribution >= 4 is 17.5 Å². The van der Waals surface area contributed by atoms with E-state index in [2.05, 4.69) is 10.6 Å². The fraction of sp³-hybridized carbons (Fsp3) is 0.263. The Hall–Kier alpha value is -2.86. The SMILES string of the molecule is Cc1ccc(OC(C)C(=O)Nc2ccccc2C(=O)NCCN)cc1. The summed E-state index contributed by atoms with van der Waals surface area (Å²) >= 11 is 0. The number of aryl methyl sites for hydroxylation is 1. The van der Waals surface area contributed by atoms with Crippen molar-refractivity contribution in [1.82, 2.24) is 5.32 Å². The third kappa shape index (κ3) is 5.32. The van der Waals surface area contributed by atoms with Gasteiger partial charge in [0.15, 0.2) is 6.10 Å². The molecule has 1 atom stereocenters. The van der Waals surface area contributed by atoms with E-state index in [1.807, 2.05) is 31.2 Å². The molecule has 0 saturated heterocycles. The molecule has 2 amide bonds. The van der Waals surface area contributed by atoms with Gasteiger partial charge in [-0.15, -0.1) is 0 Å². The van der Waals surface area contributed by atoms with E-state index in [0.717, 1.165) is 5.56 Å². The highest BCUT2D eigenvalue weighted by molar-refractivity contribution is 6.04. The summed E-state index contributed by atoms with van der Waals surface area (Å²) in [6.07, 6.45) is -0.706. The van der Waals surface area contributed by atoms with Crippen LogP contribution in [0.15, 0.2) is 48.5 Å². The molecule has 0 bridgehead atoms. The summed E-state index contributed by atoms with van der Waals surface area (Å²) in [5.41, 5.74) is 7.32. The summed E-state index contributed by atoms with van der Waals surface area (Å²) in [5, 5.41) is 5.43. The Morgan fingerprint density at radius 2 is 1.80 bits per heavy atom. The molecule has 0 aliphatic heterocycles. The molecule has 132 valence electrons. The standard InChI is InChI=1S/C19H23N3O3/c1-13-7-9-15(10-8-13)25-14(2)18(23)22-17-6-4-3-5-16(17)19(24)21-12-11-20/h3-10,14H,11-12,20H2,1-2H3,(H,21,24)(H,22,23). The second kappa shape index (κ2) is 8.84. The average Bonchev–Trinajstić information content (AvgIpc) is 2.62. The number of rotatable bonds is 7. The normalized spacial score (nSPS) is 11.5. The van der Waals surface area contributed by atoms with Crippen LogP contribution in [-0.2, 0) is 4.79 Å². The van der Waals surface area contributed by atoms with Crippen LogP contribution in [0.1, 0.15) is 22.8 Å². The van der Waals surface area contributed by atoms with Crippen LogP contribution in [0.3, 0.4) is 0 Å². The first-order valence-electron chi connectivity index (χ1n) is 8.12. The van der Waals surface area contributed by atoms with Gasteiger partial charge < -0.3 is 21.1 Å². The Bertz CT molecular complexity index is 729. The average molecular weight is 341 g/mol. The molecule has 0 aliphatic carbocycles. The van der Waals surface area contributed by atoms with Crippen LogP contribution in [0.25, 0.3) is 0 Å². The Morgan fingerprint density at radius 3 is 2.48 bits per heavy atom. The molecule has 0 fully saturated rings. The van der Waals surface area contributed by atoms with E-state index in [1.165, 1.54) is 0 Å². The van der Waals surface area contributed by atoms with Gasteiger partial charge in [-0.05, 0) is 38.1 Å². The largest absolute Gasteiger partial charge is 0.481 e. The zero-order chi connectivity index (χ0) is 18.2. The Balaban J connectivity index is 2.04. The summed E-state index contributed by atoms with van der Waals surface area (Å²) in [7, 11) is 0. The van der Waals surface area contributed by atoms with Crippen LogP contribution in [0.4, 0.5) is 5.69 Å². The topological polar surface area (TPSA) is 93.4 Å². The van der Waals surface area contributed by atoms with Gasteiger partial charge in [0.2, 0.25) is 0 Å². The van der Waals surface area contributed by atoms with Crippen LogP contribution in [0, 0.1) is 6.92 Å². The number of carbonyl (C=O) groups excluding carboxylic acids is 2. The monoisotopic (exact) mass is 341 g/mol. The van der Waals surface area contributed by atoms with Crippen LogP contribution in [-0.4, -0.2) is 31.0 Å². The minimum absolute atomic E-state index is 0.284. The Kier molecular flexibility index (Phi) is 6.54. The molecule has 2 rings (SSSR count). The van der Waals surface area contributed by atoms with E-state index in [1.54, 1.807) is 31.2 Å². The number of hydrogen-bond acceptors (Lipinski definition) is 4. The number of ether oxygens (including phenoxy) is 1. The first-order chi connectivity index (χ1) is 12.0. The van der Waals surface area contributed by atoms with Crippen molar-refractivity contribution in [3.05, 3.63) is 59.7 Å². The number of nitrogens with one attached hydrogen (secondary N) is 2. The van der Waals surface area contributed by atoms with E-state index in [-0.39, 0.29) is 11.8 Å². The molecule has 1 unspecified atom stereocenters. The molecular weight excluding hydrogens is 318 g/mol. The van der Waals surface area contributed by atoms with Crippen LogP contribution >= 0.6 is 0 Å². The van der Waals surface area contributed by atoms with Gasteiger partial charge in [-0.2, -0.15) is 0 Å². The molecular formula is C19H23N3O3. The fourth-order valence-corrected chi connectivity index (χ4v) is 2.18. The van der Waals surface area contributed by atoms with Gasteiger partial charge in [0.1, 0.15) is 5.75 Å². The van der Waals surface area contributed by atoms with Crippen molar-refractivity contribution in [3.8, 4) is 5.75 Å². The fourth-order valence-electron chi connectivity index (χ4n) is 2.18. The molecule has 2 aromatic carbocycles. The molecule has 0 heterocycles. The van der Waals surface area contributed by atoms with Crippen molar-refractivity contribution in [3.63, 3.8) is 0 Å². The first kappa shape index (κ1) is 18.5. The summed E-state index contributed by atoms with van der Waals surface area (Å²) in [6.45, 7) is 4.36. The smallest absolute Gasteiger partial charge is 0.265 e. The van der Waals surface area contributed by atoms with Gasteiger partial charge in [-0.1, -0.05) is 29.8 Å². The zero-order valence-electron chi connectivity index (χ0n) is 14.4. The molecule has 0 aliphatic rings. The van der Waals surface area contributed by atoms with E-state index < -0.39 is 6.10 Å². The predicted molar refractivity (Wildman–Crippen MR) is 97.7 cm³/mol. The molecule has 0 saturated carbocycles. The highest BCUT2D eigenvalue weighted by Gasteiger charge is 2.18. The molecule has 6 nitrogen and oxygen atoms in total. The number of hydrogen-bond donors (Lipinski definition) is 3. The molecule has 4 N–H and O–H groups in total. The number of para-hydroxylation sites is 1. The highest BCUT2D eigenvalue weighted by atomic mass is 16.5. The molecule has 6 heteroatoms. The van der Waals surface area contributed by atoms with Crippen molar-refractivity contribution in [2.45, 2.75) is 20.0 Å². The van der Waals surface area contributed by atoms with Gasteiger partial charge in [0.05, 0.1) is 11.3 Å². The van der Waals surface area contributed by atoms with Gasteiger partial charge >= 0.3 is 0 Å². The number of amides is 2. The summed E-state index contributed by atoms with van der Waals surface area (Å²) in [4.78, 5) is 24.5. The minimum atomic E-state index is -0.706. The summed E-state index contributed by atoms with van der Waals surface area (Å²) in [5.74, 6) is -0.00432. The molecule has 0 spiro atoms. The molecule has 0 radical (unpaired) electrons. The van der Waals surface area contributed by atoms with Crippen molar-refractivity contribution in [2.24, 2.45) is 5.73 Å². The quantitative estimate of drug-likeness (QED) is 0.719. The molecule has 0 aromatic heterocycles. The maximum atomic E-state index is 12.4. The van der Waals surface area contributed by atoms with Crippen LogP contribution in [0.5, 0.6) is 5.75 Å². The Labute approximate surface area is 147 Å². The molecule has 2 aromatic rings. The third-order valence-corrected chi connectivity index (χ3v) is 3.56. The maximum absolute atomic E-state index is 12.4. The van der Waals surface area contributed by atoms with Crippen molar-refractivity contribution in [2.75, 3.05) is 18.4 Å². The van der Waals surface area contributed by atoms with E-state index in [9.17, 15) is 9.59 Å². The lowest BCUT2D eigenvalue weighted by Gasteiger charge is -2.16. The number of benzene rings is 2. The predicted octanol–water partition coefficient (Wildman–Crippen LogP) is 2.09. The second-order valence-corrected chi connectivity index (χ2v) is 5.65. The van der Waals surface area contributed by atoms with E-state index in [4.69, 9.17) is 10.5 Å². The van der Waals surface area contributed by atoms with E-state index in [0.29, 0.717) is 30.1 Å². The van der Waals surface area contributed by atoms with Gasteiger partial charge in [0.25, 0.3) is 11.8 Å². The number of anilines is 1. The molecule has 25 heavy (non-hydrogen) atoms. The maximum Gasteiger partial charge on any atom is 0.265 e. The van der Waals surface area contributed by atoms with Crippen LogP contribution in [0.2, 0.25) is 0 Å². The van der Waals surface area contributed by atoms with Gasteiger partial charge in [0, 0.05) is 13.1 Å². The number of nitrogens with two attached hydrogens (primary N) is 1. The lowest BCUT2D eigenvalue weighted by molar-refractivity contribution is -0.122. The van der Waals surface area contributed by atoms with E-state index >= 15 is 0 Å². The van der Waals surface area contributed by atoms with Crippen molar-refractivity contribution < 1.29 is 14.3 Å². The minimum Gasteiger partial charge on any atom is -0.481 e. The lowest BCUT2D eigenvalue weighted by Crippen LogP contribution is -2.32. The summed E-state index contributed by atoms with van der Waals surface area (Å²) < 4.78 is 5.64. The Morgan fingerprint density at radius 1 is 1.12 bits per heavy atom. The first-order valence-corrected chi connectivity index (χ1v) is 8.12. The number of carbonyl (C=O) groups is 2. The third-order valence-electron chi connectivity index (χ3n) is 3.56. The van der Waals surface area contributed by atoms with Crippen LogP contribution < -0.4 is 21.1 Å². The zero-order valence-corrected chi connectivity index (χ0v) is 14.4. The van der Waals surface area contributed by atoms with Gasteiger partial charge in [-0.25, -0.2) is 0 Å². The summed E-state index contributed by atoms with van der Waals surface area (Å²) in [6, 6.07) is 14.3. The van der Waals surface area contributed by atoms with Gasteiger partial charge in [-0.3, -0.25) is 9.59 Å². The lowest BCUT2D eigenvalue weighted by atomic mass is 10.1. The highest BCUT2D eigenvalue weighted by Crippen LogP contribution is 2.17.